The van der Waals surface area contributed by atoms with Crippen LogP contribution in [0.1, 0.15) is 25.3 Å². The summed E-state index contributed by atoms with van der Waals surface area (Å²) in [5, 5.41) is 2.72. The van der Waals surface area contributed by atoms with E-state index in [1.807, 2.05) is 18.2 Å². The Labute approximate surface area is 131 Å². The molecule has 0 radical (unpaired) electrons. The van der Waals surface area contributed by atoms with Crippen LogP contribution < -0.4 is 5.32 Å². The van der Waals surface area contributed by atoms with Gasteiger partial charge in [-0.2, -0.15) is 4.31 Å². The number of carbonyl (C=O) groups is 1. The number of alkyl carbamates (subject to hydrolysis) is 1. The van der Waals surface area contributed by atoms with Crippen molar-refractivity contribution < 1.29 is 17.9 Å². The van der Waals surface area contributed by atoms with Gasteiger partial charge in [0.1, 0.15) is 0 Å². The topological polar surface area (TPSA) is 75.7 Å². The Bertz CT molecular complexity index is 589. The van der Waals surface area contributed by atoms with E-state index in [4.69, 9.17) is 4.74 Å². The van der Waals surface area contributed by atoms with Crippen LogP contribution in [0.15, 0.2) is 30.3 Å². The van der Waals surface area contributed by atoms with Gasteiger partial charge in [-0.1, -0.05) is 30.3 Å². The van der Waals surface area contributed by atoms with Gasteiger partial charge >= 0.3 is 6.09 Å². The van der Waals surface area contributed by atoms with E-state index in [1.165, 1.54) is 4.31 Å². The fourth-order valence-corrected chi connectivity index (χ4v) is 4.14. The molecule has 1 aromatic carbocycles. The van der Waals surface area contributed by atoms with Crippen LogP contribution >= 0.6 is 0 Å². The molecule has 0 aromatic heterocycles. The Balaban J connectivity index is 1.97. The van der Waals surface area contributed by atoms with Crippen molar-refractivity contribution in [3.63, 3.8) is 0 Å². The highest BCUT2D eigenvalue weighted by atomic mass is 32.2. The number of hydrogen-bond donors (Lipinski definition) is 1. The molecular formula is C15H22N2O4S. The number of ether oxygens (including phenoxy) is 1. The second-order valence-electron chi connectivity index (χ2n) is 5.30. The molecule has 0 spiro atoms. The van der Waals surface area contributed by atoms with Crippen molar-refractivity contribution in [2.75, 3.05) is 19.7 Å². The Hall–Kier alpha value is -1.60. The number of piperidine rings is 1. The normalized spacial score (nSPS) is 19.6. The van der Waals surface area contributed by atoms with Crippen LogP contribution in [-0.4, -0.2) is 44.6 Å². The lowest BCUT2D eigenvalue weighted by atomic mass is 10.1. The molecule has 1 saturated heterocycles. The van der Waals surface area contributed by atoms with Crippen molar-refractivity contribution in [3.8, 4) is 0 Å². The zero-order valence-corrected chi connectivity index (χ0v) is 13.5. The molecule has 0 aliphatic carbocycles. The predicted octanol–water partition coefficient (Wildman–Crippen LogP) is 1.73. The zero-order valence-electron chi connectivity index (χ0n) is 12.7. The minimum Gasteiger partial charge on any atom is -0.450 e. The van der Waals surface area contributed by atoms with Crippen LogP contribution in [0.25, 0.3) is 0 Å². The molecule has 1 aromatic rings. The standard InChI is InChI=1S/C15H22N2O4S/c1-2-21-15(18)16-14-9-6-10-17(11-14)22(19,20)12-13-7-4-3-5-8-13/h3-5,7-8,14H,2,6,9-12H2,1H3,(H,16,18)/t14-/m1/s1. The van der Waals surface area contributed by atoms with Gasteiger partial charge in [0, 0.05) is 19.1 Å². The smallest absolute Gasteiger partial charge is 0.407 e. The molecular weight excluding hydrogens is 304 g/mol. The van der Waals surface area contributed by atoms with E-state index in [2.05, 4.69) is 5.32 Å². The first-order valence-electron chi connectivity index (χ1n) is 7.46. The van der Waals surface area contributed by atoms with Gasteiger partial charge in [0.25, 0.3) is 0 Å². The Morgan fingerprint density at radius 1 is 1.36 bits per heavy atom. The summed E-state index contributed by atoms with van der Waals surface area (Å²) in [6, 6.07) is 8.92. The second-order valence-corrected chi connectivity index (χ2v) is 7.27. The molecule has 122 valence electrons. The fourth-order valence-electron chi connectivity index (χ4n) is 2.53. The highest BCUT2D eigenvalue weighted by molar-refractivity contribution is 7.88. The van der Waals surface area contributed by atoms with Gasteiger partial charge in [-0.05, 0) is 25.3 Å². The maximum absolute atomic E-state index is 12.5. The van der Waals surface area contributed by atoms with Crippen molar-refractivity contribution in [2.24, 2.45) is 0 Å². The lowest BCUT2D eigenvalue weighted by Gasteiger charge is -2.32. The highest BCUT2D eigenvalue weighted by Crippen LogP contribution is 2.17. The Morgan fingerprint density at radius 3 is 2.77 bits per heavy atom. The van der Waals surface area contributed by atoms with E-state index < -0.39 is 16.1 Å². The maximum atomic E-state index is 12.5. The van der Waals surface area contributed by atoms with Crippen LogP contribution in [-0.2, 0) is 20.5 Å². The Morgan fingerprint density at radius 2 is 2.09 bits per heavy atom. The second kappa shape index (κ2) is 7.60. The van der Waals surface area contributed by atoms with Gasteiger partial charge in [0.15, 0.2) is 0 Å². The average molecular weight is 326 g/mol. The number of nitrogens with zero attached hydrogens (tertiary/aromatic N) is 1. The molecule has 0 bridgehead atoms. The van der Waals surface area contributed by atoms with Gasteiger partial charge in [-0.3, -0.25) is 0 Å². The van der Waals surface area contributed by atoms with Gasteiger partial charge < -0.3 is 10.1 Å². The summed E-state index contributed by atoms with van der Waals surface area (Å²) in [6.07, 6.45) is 0.996. The van der Waals surface area contributed by atoms with E-state index in [0.717, 1.165) is 18.4 Å². The first-order valence-corrected chi connectivity index (χ1v) is 9.07. The third kappa shape index (κ3) is 4.71. The van der Waals surface area contributed by atoms with Gasteiger partial charge in [-0.25, -0.2) is 13.2 Å². The molecule has 1 heterocycles. The van der Waals surface area contributed by atoms with Crippen molar-refractivity contribution in [3.05, 3.63) is 35.9 Å². The molecule has 0 unspecified atom stereocenters. The molecule has 7 heteroatoms. The number of rotatable bonds is 5. The highest BCUT2D eigenvalue weighted by Gasteiger charge is 2.29. The molecule has 1 aliphatic heterocycles. The van der Waals surface area contributed by atoms with Crippen LogP contribution in [0, 0.1) is 0 Å². The van der Waals surface area contributed by atoms with Gasteiger partial charge in [-0.15, -0.1) is 0 Å². The van der Waals surface area contributed by atoms with Crippen LogP contribution in [0.5, 0.6) is 0 Å². The van der Waals surface area contributed by atoms with Crippen molar-refractivity contribution in [1.82, 2.24) is 9.62 Å². The predicted molar refractivity (Wildman–Crippen MR) is 83.8 cm³/mol. The maximum Gasteiger partial charge on any atom is 0.407 e. The summed E-state index contributed by atoms with van der Waals surface area (Å²) in [7, 11) is -3.38. The summed E-state index contributed by atoms with van der Waals surface area (Å²) in [5.74, 6) is -0.0139. The lowest BCUT2D eigenvalue weighted by molar-refractivity contribution is 0.142. The quantitative estimate of drug-likeness (QED) is 0.894. The zero-order chi connectivity index (χ0) is 16.0. The number of nitrogens with one attached hydrogen (secondary N) is 1. The molecule has 1 fully saturated rings. The Kier molecular flexibility index (Phi) is 5.79. The molecule has 22 heavy (non-hydrogen) atoms. The summed E-state index contributed by atoms with van der Waals surface area (Å²) < 4.78 is 31.3. The summed E-state index contributed by atoms with van der Waals surface area (Å²) in [4.78, 5) is 11.5. The fraction of sp³-hybridized carbons (Fsp3) is 0.533. The third-order valence-electron chi connectivity index (χ3n) is 3.57. The van der Waals surface area contributed by atoms with Gasteiger partial charge in [0.2, 0.25) is 10.0 Å². The molecule has 1 N–H and O–H groups in total. The van der Waals surface area contributed by atoms with E-state index in [1.54, 1.807) is 19.1 Å². The molecule has 1 amide bonds. The lowest BCUT2D eigenvalue weighted by Crippen LogP contribution is -2.49. The van der Waals surface area contributed by atoms with E-state index >= 15 is 0 Å². The van der Waals surface area contributed by atoms with E-state index in [9.17, 15) is 13.2 Å². The number of benzene rings is 1. The monoisotopic (exact) mass is 326 g/mol. The largest absolute Gasteiger partial charge is 0.450 e. The average Bonchev–Trinajstić information content (AvgIpc) is 2.48. The number of carbonyl (C=O) groups excluding carboxylic acids is 1. The summed E-state index contributed by atoms with van der Waals surface area (Å²) >= 11 is 0. The minimum atomic E-state index is -3.38. The number of hydrogen-bond acceptors (Lipinski definition) is 4. The summed E-state index contributed by atoms with van der Waals surface area (Å²) in [6.45, 7) is 2.83. The molecule has 6 nitrogen and oxygen atoms in total. The summed E-state index contributed by atoms with van der Waals surface area (Å²) in [5.41, 5.74) is 0.767. The first kappa shape index (κ1) is 16.8. The molecule has 1 aliphatic rings. The van der Waals surface area contributed by atoms with Crippen LogP contribution in [0.4, 0.5) is 4.79 Å². The molecule has 2 rings (SSSR count). The SMILES string of the molecule is CCOC(=O)N[C@@H]1CCCN(S(=O)(=O)Cc2ccccc2)C1. The minimum absolute atomic E-state index is 0.0139. The van der Waals surface area contributed by atoms with Crippen molar-refractivity contribution in [2.45, 2.75) is 31.6 Å². The van der Waals surface area contributed by atoms with Crippen molar-refractivity contribution in [1.29, 1.82) is 0 Å². The van der Waals surface area contributed by atoms with Crippen LogP contribution in [0.3, 0.4) is 0 Å². The molecule has 0 saturated carbocycles. The number of sulfonamides is 1. The first-order chi connectivity index (χ1) is 10.5. The molecule has 1 atom stereocenters. The van der Waals surface area contributed by atoms with E-state index in [0.29, 0.717) is 19.7 Å². The third-order valence-corrected chi connectivity index (χ3v) is 5.38. The van der Waals surface area contributed by atoms with E-state index in [-0.39, 0.29) is 11.8 Å². The van der Waals surface area contributed by atoms with Crippen molar-refractivity contribution >= 4 is 16.1 Å². The number of amides is 1. The van der Waals surface area contributed by atoms with Gasteiger partial charge in [0.05, 0.1) is 12.4 Å². The van der Waals surface area contributed by atoms with Crippen LogP contribution in [0.2, 0.25) is 0 Å².